The molecule has 2 aliphatic rings. The molecule has 34 heavy (non-hydrogen) atoms. The van der Waals surface area contributed by atoms with Gasteiger partial charge in [-0.05, 0) is 41.8 Å². The van der Waals surface area contributed by atoms with Crippen molar-refractivity contribution in [1.29, 1.82) is 0 Å². The Morgan fingerprint density at radius 3 is 1.91 bits per heavy atom. The molecule has 6 heteroatoms. The lowest BCUT2D eigenvalue weighted by molar-refractivity contribution is -0.137. The summed E-state index contributed by atoms with van der Waals surface area (Å²) in [5, 5.41) is 0. The summed E-state index contributed by atoms with van der Waals surface area (Å²) in [7, 11) is 0. The highest BCUT2D eigenvalue weighted by molar-refractivity contribution is 6.35. The summed E-state index contributed by atoms with van der Waals surface area (Å²) in [5.41, 5.74) is 3.58. The molecule has 0 aliphatic carbocycles. The fourth-order valence-corrected chi connectivity index (χ4v) is 4.65. The van der Waals surface area contributed by atoms with Gasteiger partial charge in [0.15, 0.2) is 0 Å². The van der Waals surface area contributed by atoms with Gasteiger partial charge in [0.05, 0.1) is 5.57 Å². The van der Waals surface area contributed by atoms with Crippen molar-refractivity contribution in [2.24, 2.45) is 0 Å². The Labute approximate surface area is 198 Å². The van der Waals surface area contributed by atoms with Crippen molar-refractivity contribution in [2.45, 2.75) is 6.42 Å². The Hall–Kier alpha value is -3.93. The highest BCUT2D eigenvalue weighted by Gasteiger charge is 2.41. The molecule has 2 heterocycles. The Morgan fingerprint density at radius 1 is 0.676 bits per heavy atom. The molecule has 0 atom stereocenters. The summed E-state index contributed by atoms with van der Waals surface area (Å²) in [6, 6.07) is 25.8. The highest BCUT2D eigenvalue weighted by Crippen LogP contribution is 2.33. The molecule has 0 N–H and O–H groups in total. The zero-order chi connectivity index (χ0) is 23.5. The zero-order valence-corrected chi connectivity index (χ0v) is 18.9. The van der Waals surface area contributed by atoms with Crippen LogP contribution in [0, 0.1) is 5.82 Å². The van der Waals surface area contributed by atoms with Crippen LogP contribution in [0.25, 0.3) is 5.57 Å². The normalized spacial score (nSPS) is 16.6. The van der Waals surface area contributed by atoms with Crippen LogP contribution in [0.1, 0.15) is 11.1 Å². The number of halogens is 1. The lowest BCUT2D eigenvalue weighted by Crippen LogP contribution is -2.47. The maximum Gasteiger partial charge on any atom is 0.277 e. The van der Waals surface area contributed by atoms with Crippen LogP contribution < -0.4 is 4.90 Å². The van der Waals surface area contributed by atoms with Crippen LogP contribution in [-0.2, 0) is 16.0 Å². The fourth-order valence-electron chi connectivity index (χ4n) is 4.65. The Kier molecular flexibility index (Phi) is 6.12. The van der Waals surface area contributed by atoms with Crippen LogP contribution in [0.15, 0.2) is 90.6 Å². The number of hydrogen-bond donors (Lipinski definition) is 0. The minimum absolute atomic E-state index is 0.270. The number of carbonyl (C=O) groups is 2. The first-order valence-corrected chi connectivity index (χ1v) is 11.6. The average molecular weight is 456 g/mol. The van der Waals surface area contributed by atoms with E-state index in [1.165, 1.54) is 17.0 Å². The number of rotatable bonds is 6. The van der Waals surface area contributed by atoms with Gasteiger partial charge >= 0.3 is 0 Å². The van der Waals surface area contributed by atoms with E-state index in [9.17, 15) is 14.0 Å². The molecule has 0 spiro atoms. The van der Waals surface area contributed by atoms with Crippen molar-refractivity contribution in [2.75, 3.05) is 37.6 Å². The first-order valence-electron chi connectivity index (χ1n) is 11.6. The number of amides is 2. The van der Waals surface area contributed by atoms with E-state index >= 15 is 0 Å². The third-order valence-corrected chi connectivity index (χ3v) is 6.46. The third-order valence-electron chi connectivity index (χ3n) is 6.46. The van der Waals surface area contributed by atoms with Gasteiger partial charge in [0.1, 0.15) is 11.5 Å². The molecule has 1 saturated heterocycles. The number of carbonyl (C=O) groups excluding carboxylic acids is 2. The van der Waals surface area contributed by atoms with E-state index in [-0.39, 0.29) is 17.6 Å². The quantitative estimate of drug-likeness (QED) is 0.528. The van der Waals surface area contributed by atoms with Crippen LogP contribution in [0.2, 0.25) is 0 Å². The highest BCUT2D eigenvalue weighted by atomic mass is 19.1. The molecule has 2 aliphatic heterocycles. The van der Waals surface area contributed by atoms with E-state index < -0.39 is 0 Å². The predicted molar refractivity (Wildman–Crippen MR) is 130 cm³/mol. The summed E-state index contributed by atoms with van der Waals surface area (Å²) in [6.45, 7) is 3.05. The van der Waals surface area contributed by atoms with Gasteiger partial charge in [0, 0.05) is 38.4 Å². The number of para-hydroxylation sites is 1. The van der Waals surface area contributed by atoms with Gasteiger partial charge in [0.2, 0.25) is 0 Å². The Bertz CT molecular complexity index is 1200. The van der Waals surface area contributed by atoms with E-state index in [0.717, 1.165) is 24.3 Å². The summed E-state index contributed by atoms with van der Waals surface area (Å²) in [5.74, 6) is -0.957. The Balaban J connectivity index is 1.41. The predicted octanol–water partition coefficient (Wildman–Crippen LogP) is 3.97. The maximum absolute atomic E-state index is 13.6. The molecule has 172 valence electrons. The lowest BCUT2D eigenvalue weighted by Gasteiger charge is -2.37. The minimum Gasteiger partial charge on any atom is -0.368 e. The van der Waals surface area contributed by atoms with E-state index in [1.54, 1.807) is 12.1 Å². The molecule has 0 radical (unpaired) electrons. The number of piperazine rings is 1. The number of nitrogens with zero attached hydrogens (tertiary/aromatic N) is 3. The second kappa shape index (κ2) is 9.51. The Morgan fingerprint density at radius 2 is 1.26 bits per heavy atom. The number of imide groups is 1. The van der Waals surface area contributed by atoms with Crippen molar-refractivity contribution in [1.82, 2.24) is 9.80 Å². The first-order chi connectivity index (χ1) is 16.6. The molecule has 0 saturated carbocycles. The summed E-state index contributed by atoms with van der Waals surface area (Å²) in [6.07, 6.45) is 0.587. The van der Waals surface area contributed by atoms with Gasteiger partial charge in [-0.25, -0.2) is 4.39 Å². The number of anilines is 1. The molecule has 3 aromatic carbocycles. The van der Waals surface area contributed by atoms with Gasteiger partial charge in [0.25, 0.3) is 11.8 Å². The zero-order valence-electron chi connectivity index (χ0n) is 18.9. The second-order valence-corrected chi connectivity index (χ2v) is 8.54. The molecule has 5 nitrogen and oxygen atoms in total. The van der Waals surface area contributed by atoms with E-state index in [4.69, 9.17) is 0 Å². The van der Waals surface area contributed by atoms with E-state index in [0.29, 0.717) is 42.9 Å². The van der Waals surface area contributed by atoms with Crippen molar-refractivity contribution in [3.05, 3.63) is 108 Å². The second-order valence-electron chi connectivity index (χ2n) is 8.54. The largest absolute Gasteiger partial charge is 0.368 e. The molecule has 0 unspecified atom stereocenters. The summed E-state index contributed by atoms with van der Waals surface area (Å²) in [4.78, 5) is 32.7. The standard InChI is InChI=1S/C28H26FN3O2/c29-23-13-11-22(12-14-23)25-26(31-19-17-30(18-20-31)24-9-5-2-6-10-24)28(34)32(27(25)33)16-15-21-7-3-1-4-8-21/h1-14H,15-20H2. The minimum atomic E-state index is -0.375. The topological polar surface area (TPSA) is 43.9 Å². The van der Waals surface area contributed by atoms with Crippen LogP contribution in [0.3, 0.4) is 0 Å². The lowest BCUT2D eigenvalue weighted by atomic mass is 10.0. The number of benzene rings is 3. The van der Waals surface area contributed by atoms with Crippen LogP contribution in [0.4, 0.5) is 10.1 Å². The SMILES string of the molecule is O=C1C(c2ccc(F)cc2)=C(N2CCN(c3ccccc3)CC2)C(=O)N1CCc1ccccc1. The van der Waals surface area contributed by atoms with Crippen LogP contribution in [-0.4, -0.2) is 54.3 Å². The molecular weight excluding hydrogens is 429 g/mol. The molecule has 0 bridgehead atoms. The van der Waals surface area contributed by atoms with Crippen molar-refractivity contribution in [3.8, 4) is 0 Å². The van der Waals surface area contributed by atoms with Gasteiger partial charge in [-0.15, -0.1) is 0 Å². The molecular formula is C28H26FN3O2. The van der Waals surface area contributed by atoms with Gasteiger partial charge < -0.3 is 9.80 Å². The number of hydrogen-bond acceptors (Lipinski definition) is 4. The van der Waals surface area contributed by atoms with Crippen molar-refractivity contribution >= 4 is 23.1 Å². The van der Waals surface area contributed by atoms with Gasteiger partial charge in [-0.1, -0.05) is 60.7 Å². The summed E-state index contributed by atoms with van der Waals surface area (Å²) >= 11 is 0. The first kappa shape index (κ1) is 21.9. The average Bonchev–Trinajstić information content (AvgIpc) is 3.13. The maximum atomic E-state index is 13.6. The van der Waals surface area contributed by atoms with E-state index in [1.807, 2.05) is 53.4 Å². The van der Waals surface area contributed by atoms with Crippen molar-refractivity contribution < 1.29 is 14.0 Å². The van der Waals surface area contributed by atoms with E-state index in [2.05, 4.69) is 17.0 Å². The molecule has 5 rings (SSSR count). The monoisotopic (exact) mass is 455 g/mol. The molecule has 1 fully saturated rings. The fraction of sp³-hybridized carbons (Fsp3) is 0.214. The summed E-state index contributed by atoms with van der Waals surface area (Å²) < 4.78 is 13.6. The molecule has 2 amide bonds. The molecule has 3 aromatic rings. The van der Waals surface area contributed by atoms with Gasteiger partial charge in [-0.2, -0.15) is 0 Å². The van der Waals surface area contributed by atoms with Crippen LogP contribution >= 0.6 is 0 Å². The van der Waals surface area contributed by atoms with Gasteiger partial charge in [-0.3, -0.25) is 14.5 Å². The van der Waals surface area contributed by atoms with Crippen molar-refractivity contribution in [3.63, 3.8) is 0 Å². The smallest absolute Gasteiger partial charge is 0.277 e. The molecule has 0 aromatic heterocycles. The van der Waals surface area contributed by atoms with Crippen LogP contribution in [0.5, 0.6) is 0 Å². The third kappa shape index (κ3) is 4.31.